The highest BCUT2D eigenvalue weighted by Crippen LogP contribution is 2.31. The Kier molecular flexibility index (Phi) is 5.17. The zero-order valence-corrected chi connectivity index (χ0v) is 15.6. The Labute approximate surface area is 156 Å². The summed E-state index contributed by atoms with van der Waals surface area (Å²) in [6, 6.07) is 6.93. The molecule has 1 aliphatic heterocycles. The normalized spacial score (nSPS) is 17.3. The summed E-state index contributed by atoms with van der Waals surface area (Å²) in [7, 11) is -2.94. The number of hydrogen-bond acceptors (Lipinski definition) is 7. The molecule has 0 aliphatic carbocycles. The summed E-state index contributed by atoms with van der Waals surface area (Å²) in [4.78, 5) is 30.1. The van der Waals surface area contributed by atoms with E-state index >= 15 is 0 Å². The van der Waals surface area contributed by atoms with Crippen LogP contribution in [-0.2, 0) is 19.4 Å². The molecule has 1 aliphatic rings. The van der Waals surface area contributed by atoms with Gasteiger partial charge in [-0.15, -0.1) is 0 Å². The van der Waals surface area contributed by atoms with Crippen molar-refractivity contribution < 1.29 is 27.5 Å². The van der Waals surface area contributed by atoms with Gasteiger partial charge in [-0.05, 0) is 13.0 Å². The smallest absolute Gasteiger partial charge is 0.356 e. The van der Waals surface area contributed by atoms with Crippen molar-refractivity contribution >= 4 is 21.7 Å². The van der Waals surface area contributed by atoms with Gasteiger partial charge in [0.25, 0.3) is 0 Å². The monoisotopic (exact) mass is 393 g/mol. The molecule has 0 radical (unpaired) electrons. The molecule has 2 atom stereocenters. The Bertz CT molecular complexity index is 969. The van der Waals surface area contributed by atoms with E-state index in [1.54, 1.807) is 6.07 Å². The lowest BCUT2D eigenvalue weighted by atomic mass is 10.0. The van der Waals surface area contributed by atoms with E-state index < -0.39 is 32.1 Å². The lowest BCUT2D eigenvalue weighted by molar-refractivity contribution is -0.121. The number of ether oxygens (including phenoxy) is 2. The number of amides is 1. The number of para-hydroxylation sites is 1. The van der Waals surface area contributed by atoms with Crippen molar-refractivity contribution in [2.75, 3.05) is 13.7 Å². The van der Waals surface area contributed by atoms with Crippen molar-refractivity contribution in [2.45, 2.75) is 29.8 Å². The number of sulfone groups is 1. The second kappa shape index (κ2) is 7.39. The minimum Gasteiger partial charge on any atom is -0.493 e. The molecule has 0 saturated carbocycles. The summed E-state index contributed by atoms with van der Waals surface area (Å²) in [6.45, 7) is 1.69. The van der Waals surface area contributed by atoms with Crippen molar-refractivity contribution in [2.24, 2.45) is 0 Å². The van der Waals surface area contributed by atoms with Crippen LogP contribution in [0.2, 0.25) is 0 Å². The molecule has 0 saturated heterocycles. The maximum atomic E-state index is 12.7. The van der Waals surface area contributed by atoms with E-state index in [0.29, 0.717) is 18.8 Å². The molecular formula is C17H19N3O6S. The second-order valence-electron chi connectivity index (χ2n) is 6.02. The summed E-state index contributed by atoms with van der Waals surface area (Å²) < 4.78 is 35.4. The largest absolute Gasteiger partial charge is 0.493 e. The van der Waals surface area contributed by atoms with Gasteiger partial charge in [0, 0.05) is 12.0 Å². The van der Waals surface area contributed by atoms with Crippen molar-refractivity contribution in [3.05, 3.63) is 41.7 Å². The molecule has 0 spiro atoms. The molecule has 144 valence electrons. The van der Waals surface area contributed by atoms with E-state index in [4.69, 9.17) is 4.74 Å². The van der Waals surface area contributed by atoms with E-state index in [2.05, 4.69) is 20.0 Å². The maximum Gasteiger partial charge on any atom is 0.356 e. The third kappa shape index (κ3) is 3.65. The van der Waals surface area contributed by atoms with Gasteiger partial charge >= 0.3 is 5.97 Å². The van der Waals surface area contributed by atoms with Gasteiger partial charge in [0.05, 0.1) is 26.0 Å². The predicted octanol–water partition coefficient (Wildman–Crippen LogP) is 0.998. The second-order valence-corrected chi connectivity index (χ2v) is 8.20. The SMILES string of the molecule is COC(=O)c1cnc(S(=O)(=O)[C@H](C)C(=O)N[C@@H]2CCOc3ccccc32)[nH]1. The first-order valence-electron chi connectivity index (χ1n) is 8.24. The highest BCUT2D eigenvalue weighted by Gasteiger charge is 2.35. The standard InChI is InChI=1S/C17H19N3O6S/c1-10(27(23,24)17-18-9-13(20-17)16(22)25-2)15(21)19-12-7-8-26-14-6-4-3-5-11(12)14/h3-6,9-10,12H,7-8H2,1-2H3,(H,18,20)(H,19,21)/t10-,12-/m1/s1. The number of aromatic nitrogens is 2. The summed E-state index contributed by atoms with van der Waals surface area (Å²) in [5, 5.41) is 0.901. The van der Waals surface area contributed by atoms with Crippen LogP contribution in [0, 0.1) is 0 Å². The van der Waals surface area contributed by atoms with Gasteiger partial charge in [-0.1, -0.05) is 18.2 Å². The van der Waals surface area contributed by atoms with Gasteiger partial charge in [-0.2, -0.15) is 0 Å². The van der Waals surface area contributed by atoms with E-state index in [9.17, 15) is 18.0 Å². The molecular weight excluding hydrogens is 374 g/mol. The van der Waals surface area contributed by atoms with E-state index in [1.807, 2.05) is 18.2 Å². The minimum absolute atomic E-state index is 0.109. The van der Waals surface area contributed by atoms with Crippen molar-refractivity contribution in [3.8, 4) is 5.75 Å². The minimum atomic E-state index is -4.10. The number of benzene rings is 1. The summed E-state index contributed by atoms with van der Waals surface area (Å²) >= 11 is 0. The molecule has 0 bridgehead atoms. The Morgan fingerprint density at radius 2 is 2.11 bits per heavy atom. The van der Waals surface area contributed by atoms with Crippen LogP contribution >= 0.6 is 0 Å². The number of nitrogens with zero attached hydrogens (tertiary/aromatic N) is 1. The number of hydrogen-bond donors (Lipinski definition) is 2. The maximum absolute atomic E-state index is 12.7. The van der Waals surface area contributed by atoms with Gasteiger partial charge in [-0.25, -0.2) is 18.2 Å². The van der Waals surface area contributed by atoms with Crippen LogP contribution in [-0.4, -0.2) is 49.2 Å². The van der Waals surface area contributed by atoms with Gasteiger partial charge in [0.2, 0.25) is 20.9 Å². The molecule has 27 heavy (non-hydrogen) atoms. The quantitative estimate of drug-likeness (QED) is 0.725. The number of esters is 1. The molecule has 3 rings (SSSR count). The Morgan fingerprint density at radius 1 is 1.37 bits per heavy atom. The molecule has 0 unspecified atom stereocenters. The van der Waals surface area contributed by atoms with Gasteiger partial charge in [0.15, 0.2) is 0 Å². The number of carbonyl (C=O) groups excluding carboxylic acids is 2. The molecule has 0 fully saturated rings. The molecule has 2 N–H and O–H groups in total. The summed E-state index contributed by atoms with van der Waals surface area (Å²) in [5.41, 5.74) is 0.690. The first-order valence-corrected chi connectivity index (χ1v) is 9.78. The van der Waals surface area contributed by atoms with Crippen LogP contribution in [0.15, 0.2) is 35.6 Å². The lowest BCUT2D eigenvalue weighted by Gasteiger charge is -2.27. The summed E-state index contributed by atoms with van der Waals surface area (Å²) in [6.07, 6.45) is 1.58. The lowest BCUT2D eigenvalue weighted by Crippen LogP contribution is -2.41. The number of methoxy groups -OCH3 is 1. The molecule has 9 nitrogen and oxygen atoms in total. The fraction of sp³-hybridized carbons (Fsp3) is 0.353. The molecule has 2 heterocycles. The van der Waals surface area contributed by atoms with E-state index in [0.717, 1.165) is 11.8 Å². The van der Waals surface area contributed by atoms with Crippen LogP contribution in [0.25, 0.3) is 0 Å². The van der Waals surface area contributed by atoms with Gasteiger partial charge in [0.1, 0.15) is 16.7 Å². The molecule has 1 amide bonds. The Hall–Kier alpha value is -2.88. The third-order valence-electron chi connectivity index (χ3n) is 4.34. The van der Waals surface area contributed by atoms with Crippen LogP contribution < -0.4 is 10.1 Å². The highest BCUT2D eigenvalue weighted by molar-refractivity contribution is 7.92. The van der Waals surface area contributed by atoms with Crippen LogP contribution in [0.5, 0.6) is 5.75 Å². The van der Waals surface area contributed by atoms with Crippen LogP contribution in [0.3, 0.4) is 0 Å². The third-order valence-corrected chi connectivity index (χ3v) is 6.23. The van der Waals surface area contributed by atoms with Crippen LogP contribution in [0.4, 0.5) is 0 Å². The number of nitrogens with one attached hydrogen (secondary N) is 2. The fourth-order valence-electron chi connectivity index (χ4n) is 2.75. The average molecular weight is 393 g/mol. The van der Waals surface area contributed by atoms with E-state index in [-0.39, 0.29) is 11.7 Å². The first-order chi connectivity index (χ1) is 12.8. The highest BCUT2D eigenvalue weighted by atomic mass is 32.2. The van der Waals surface area contributed by atoms with Crippen LogP contribution in [0.1, 0.15) is 35.4 Å². The van der Waals surface area contributed by atoms with Crippen molar-refractivity contribution in [3.63, 3.8) is 0 Å². The Morgan fingerprint density at radius 3 is 2.85 bits per heavy atom. The number of fused-ring (bicyclic) bond motifs is 1. The molecule has 1 aromatic heterocycles. The number of H-pyrrole nitrogens is 1. The zero-order valence-electron chi connectivity index (χ0n) is 14.8. The number of rotatable bonds is 5. The zero-order chi connectivity index (χ0) is 19.6. The Balaban J connectivity index is 1.77. The molecule has 1 aromatic carbocycles. The molecule has 2 aromatic rings. The number of imidazole rings is 1. The first kappa shape index (κ1) is 18.9. The van der Waals surface area contributed by atoms with Gasteiger partial charge < -0.3 is 19.8 Å². The van der Waals surface area contributed by atoms with Crippen molar-refractivity contribution in [1.29, 1.82) is 0 Å². The number of aromatic amines is 1. The average Bonchev–Trinajstić information content (AvgIpc) is 3.18. The van der Waals surface area contributed by atoms with Crippen molar-refractivity contribution in [1.82, 2.24) is 15.3 Å². The van der Waals surface area contributed by atoms with Gasteiger partial charge in [-0.3, -0.25) is 4.79 Å². The van der Waals surface area contributed by atoms with E-state index in [1.165, 1.54) is 14.0 Å². The molecule has 10 heteroatoms. The topological polar surface area (TPSA) is 127 Å². The number of carbonyl (C=O) groups is 2. The fourth-order valence-corrected chi connectivity index (χ4v) is 3.89. The summed E-state index contributed by atoms with van der Waals surface area (Å²) in [5.74, 6) is -0.745. The predicted molar refractivity (Wildman–Crippen MR) is 94.0 cm³/mol.